The zero-order valence-corrected chi connectivity index (χ0v) is 10.7. The van der Waals surface area contributed by atoms with Crippen LogP contribution in [0.15, 0.2) is 24.5 Å². The molecule has 1 aromatic heterocycles. The molecule has 2 N–H and O–H groups in total. The fourth-order valence-electron chi connectivity index (χ4n) is 2.31. The molecule has 1 aliphatic carbocycles. The predicted octanol–water partition coefficient (Wildman–Crippen LogP) is 1.62. The molecule has 0 bridgehead atoms. The third kappa shape index (κ3) is 4.45. The Bertz CT molecular complexity index is 361. The van der Waals surface area contributed by atoms with Gasteiger partial charge in [0.1, 0.15) is 0 Å². The van der Waals surface area contributed by atoms with Crippen molar-refractivity contribution in [3.05, 3.63) is 30.1 Å². The average Bonchev–Trinajstić information content (AvgIpc) is 2.89. The Morgan fingerprint density at radius 3 is 2.94 bits per heavy atom. The molecule has 0 spiro atoms. The van der Waals surface area contributed by atoms with Crippen LogP contribution in [-0.4, -0.2) is 23.5 Å². The number of aromatic nitrogens is 1. The third-order valence-corrected chi connectivity index (χ3v) is 3.30. The lowest BCUT2D eigenvalue weighted by Crippen LogP contribution is -2.34. The lowest BCUT2D eigenvalue weighted by atomic mass is 10.2. The van der Waals surface area contributed by atoms with Crippen molar-refractivity contribution in [1.29, 1.82) is 0 Å². The van der Waals surface area contributed by atoms with Crippen LogP contribution in [0, 0.1) is 0 Å². The molecule has 2 rings (SSSR count). The van der Waals surface area contributed by atoms with Gasteiger partial charge in [-0.25, -0.2) is 0 Å². The van der Waals surface area contributed by atoms with Gasteiger partial charge in [-0.05, 0) is 24.5 Å². The maximum absolute atomic E-state index is 11.6. The number of hydrogen-bond acceptors (Lipinski definition) is 3. The summed E-state index contributed by atoms with van der Waals surface area (Å²) in [5.41, 5.74) is 1.15. The molecule has 18 heavy (non-hydrogen) atoms. The smallest absolute Gasteiger partial charge is 0.221 e. The van der Waals surface area contributed by atoms with Gasteiger partial charge in [-0.3, -0.25) is 9.78 Å². The SMILES string of the molecule is O=C(CCNCc1cccnc1)NC1CCCC1. The quantitative estimate of drug-likeness (QED) is 0.751. The Labute approximate surface area is 108 Å². The molecule has 0 aromatic carbocycles. The zero-order chi connectivity index (χ0) is 12.6. The Kier molecular flexibility index (Phi) is 5.15. The average molecular weight is 247 g/mol. The number of carbonyl (C=O) groups is 1. The molecule has 1 saturated carbocycles. The second kappa shape index (κ2) is 7.11. The molecule has 1 amide bonds. The van der Waals surface area contributed by atoms with Crippen molar-refractivity contribution in [1.82, 2.24) is 15.6 Å². The molecule has 98 valence electrons. The van der Waals surface area contributed by atoms with E-state index in [2.05, 4.69) is 15.6 Å². The van der Waals surface area contributed by atoms with E-state index in [1.807, 2.05) is 18.3 Å². The molecule has 1 fully saturated rings. The number of amides is 1. The minimum atomic E-state index is 0.167. The van der Waals surface area contributed by atoms with E-state index >= 15 is 0 Å². The van der Waals surface area contributed by atoms with E-state index in [-0.39, 0.29) is 5.91 Å². The van der Waals surface area contributed by atoms with Crippen molar-refractivity contribution < 1.29 is 4.79 Å². The van der Waals surface area contributed by atoms with Crippen LogP contribution >= 0.6 is 0 Å². The van der Waals surface area contributed by atoms with Crippen LogP contribution in [0.5, 0.6) is 0 Å². The summed E-state index contributed by atoms with van der Waals surface area (Å²) in [6, 6.07) is 4.37. The van der Waals surface area contributed by atoms with Gasteiger partial charge in [0, 0.05) is 37.9 Å². The third-order valence-electron chi connectivity index (χ3n) is 3.30. The topological polar surface area (TPSA) is 54.0 Å². The number of nitrogens with zero attached hydrogens (tertiary/aromatic N) is 1. The maximum atomic E-state index is 11.6. The van der Waals surface area contributed by atoms with Gasteiger partial charge < -0.3 is 10.6 Å². The van der Waals surface area contributed by atoms with Crippen LogP contribution in [0.4, 0.5) is 0 Å². The van der Waals surface area contributed by atoms with Crippen molar-refractivity contribution in [2.45, 2.75) is 44.7 Å². The van der Waals surface area contributed by atoms with E-state index in [0.717, 1.165) is 24.9 Å². The van der Waals surface area contributed by atoms with E-state index in [9.17, 15) is 4.79 Å². The molecule has 0 atom stereocenters. The predicted molar refractivity (Wildman–Crippen MR) is 71.0 cm³/mol. The van der Waals surface area contributed by atoms with Gasteiger partial charge in [-0.1, -0.05) is 18.9 Å². The Morgan fingerprint density at radius 1 is 1.39 bits per heavy atom. The van der Waals surface area contributed by atoms with Crippen LogP contribution < -0.4 is 10.6 Å². The molecule has 0 aliphatic heterocycles. The van der Waals surface area contributed by atoms with E-state index in [4.69, 9.17) is 0 Å². The first kappa shape index (κ1) is 13.0. The minimum absolute atomic E-state index is 0.167. The number of nitrogens with one attached hydrogen (secondary N) is 2. The second-order valence-electron chi connectivity index (χ2n) is 4.84. The van der Waals surface area contributed by atoms with Gasteiger partial charge in [0.05, 0.1) is 0 Å². The zero-order valence-electron chi connectivity index (χ0n) is 10.7. The largest absolute Gasteiger partial charge is 0.353 e. The highest BCUT2D eigenvalue weighted by Gasteiger charge is 2.16. The summed E-state index contributed by atoms with van der Waals surface area (Å²) in [6.45, 7) is 1.48. The van der Waals surface area contributed by atoms with E-state index < -0.39 is 0 Å². The Morgan fingerprint density at radius 2 is 2.22 bits per heavy atom. The highest BCUT2D eigenvalue weighted by molar-refractivity contribution is 5.76. The first-order valence-electron chi connectivity index (χ1n) is 6.73. The molecule has 4 heteroatoms. The molecule has 0 saturated heterocycles. The number of pyridine rings is 1. The van der Waals surface area contributed by atoms with Gasteiger partial charge in [0.15, 0.2) is 0 Å². The van der Waals surface area contributed by atoms with Crippen molar-refractivity contribution in [2.24, 2.45) is 0 Å². The molecule has 0 unspecified atom stereocenters. The van der Waals surface area contributed by atoms with Gasteiger partial charge >= 0.3 is 0 Å². The summed E-state index contributed by atoms with van der Waals surface area (Å²) in [6.07, 6.45) is 8.96. The molecule has 0 radical (unpaired) electrons. The molecule has 4 nitrogen and oxygen atoms in total. The van der Waals surface area contributed by atoms with Crippen LogP contribution in [0.1, 0.15) is 37.7 Å². The van der Waals surface area contributed by atoms with Gasteiger partial charge in [0.25, 0.3) is 0 Å². The summed E-state index contributed by atoms with van der Waals surface area (Å²) in [5.74, 6) is 0.167. The summed E-state index contributed by atoms with van der Waals surface area (Å²) < 4.78 is 0. The standard InChI is InChI=1S/C14H21N3O/c18-14(17-13-5-1-2-6-13)7-9-16-11-12-4-3-8-15-10-12/h3-4,8,10,13,16H,1-2,5-7,9,11H2,(H,17,18). The van der Waals surface area contributed by atoms with E-state index in [0.29, 0.717) is 19.0 Å². The summed E-state index contributed by atoms with van der Waals surface area (Å²) in [7, 11) is 0. The molecule has 1 aliphatic rings. The minimum Gasteiger partial charge on any atom is -0.353 e. The number of carbonyl (C=O) groups excluding carboxylic acids is 1. The number of rotatable bonds is 6. The molecule has 1 aromatic rings. The van der Waals surface area contributed by atoms with Crippen LogP contribution in [0.25, 0.3) is 0 Å². The molecule has 1 heterocycles. The Balaban J connectivity index is 1.56. The second-order valence-corrected chi connectivity index (χ2v) is 4.84. The summed E-state index contributed by atoms with van der Waals surface area (Å²) >= 11 is 0. The fourth-order valence-corrected chi connectivity index (χ4v) is 2.31. The Hall–Kier alpha value is -1.42. The number of hydrogen-bond donors (Lipinski definition) is 2. The summed E-state index contributed by atoms with van der Waals surface area (Å²) in [5, 5.41) is 6.34. The van der Waals surface area contributed by atoms with Crippen molar-refractivity contribution in [2.75, 3.05) is 6.54 Å². The van der Waals surface area contributed by atoms with Crippen LogP contribution in [0.3, 0.4) is 0 Å². The fraction of sp³-hybridized carbons (Fsp3) is 0.571. The van der Waals surface area contributed by atoms with E-state index in [1.54, 1.807) is 6.20 Å². The monoisotopic (exact) mass is 247 g/mol. The van der Waals surface area contributed by atoms with Gasteiger partial charge in [-0.15, -0.1) is 0 Å². The lowest BCUT2D eigenvalue weighted by molar-refractivity contribution is -0.121. The first-order chi connectivity index (χ1) is 8.84. The lowest BCUT2D eigenvalue weighted by Gasteiger charge is -2.11. The van der Waals surface area contributed by atoms with Crippen LogP contribution in [-0.2, 0) is 11.3 Å². The van der Waals surface area contributed by atoms with Crippen LogP contribution in [0.2, 0.25) is 0 Å². The van der Waals surface area contributed by atoms with Gasteiger partial charge in [-0.2, -0.15) is 0 Å². The molecular weight excluding hydrogens is 226 g/mol. The normalized spacial score (nSPS) is 15.8. The van der Waals surface area contributed by atoms with Crippen molar-refractivity contribution >= 4 is 5.91 Å². The maximum Gasteiger partial charge on any atom is 0.221 e. The highest BCUT2D eigenvalue weighted by Crippen LogP contribution is 2.17. The molecular formula is C14H21N3O. The highest BCUT2D eigenvalue weighted by atomic mass is 16.1. The van der Waals surface area contributed by atoms with Gasteiger partial charge in [0.2, 0.25) is 5.91 Å². The van der Waals surface area contributed by atoms with Crippen molar-refractivity contribution in [3.8, 4) is 0 Å². The summed E-state index contributed by atoms with van der Waals surface area (Å²) in [4.78, 5) is 15.7. The first-order valence-corrected chi connectivity index (χ1v) is 6.73. The van der Waals surface area contributed by atoms with E-state index in [1.165, 1.54) is 12.8 Å². The van der Waals surface area contributed by atoms with Crippen molar-refractivity contribution in [3.63, 3.8) is 0 Å².